The second kappa shape index (κ2) is 7.26. The number of aliphatic hydroxyl groups excluding tert-OH is 1. The molecule has 1 atom stereocenters. The molecule has 8 nitrogen and oxygen atoms in total. The van der Waals surface area contributed by atoms with Gasteiger partial charge in [0.25, 0.3) is 0 Å². The van der Waals surface area contributed by atoms with Crippen molar-refractivity contribution >= 4 is 17.8 Å². The summed E-state index contributed by atoms with van der Waals surface area (Å²) < 4.78 is 4.60. The van der Waals surface area contributed by atoms with Crippen LogP contribution in [0.25, 0.3) is 0 Å². The number of esters is 1. The molecule has 0 bridgehead atoms. The number of amides is 2. The number of hydrogen-bond acceptors (Lipinski definition) is 5. The zero-order chi connectivity index (χ0) is 16.9. The first-order chi connectivity index (χ1) is 10.2. The van der Waals surface area contributed by atoms with Crippen LogP contribution in [0.2, 0.25) is 0 Å². The first-order valence-corrected chi connectivity index (χ1v) is 6.99. The number of urea groups is 1. The summed E-state index contributed by atoms with van der Waals surface area (Å²) >= 11 is 0. The van der Waals surface area contributed by atoms with E-state index in [1.165, 1.54) is 7.11 Å². The average molecular weight is 312 g/mol. The normalized spacial score (nSPS) is 12.6. The van der Waals surface area contributed by atoms with Gasteiger partial charge in [-0.3, -0.25) is 10.4 Å². The third-order valence-corrected chi connectivity index (χ3v) is 3.05. The second-order valence-electron chi connectivity index (χ2n) is 6.31. The minimum atomic E-state index is -0.556. The van der Waals surface area contributed by atoms with Crippen LogP contribution in [0.15, 0.2) is 0 Å². The summed E-state index contributed by atoms with van der Waals surface area (Å²) in [5.74, 6) is -0.315. The van der Waals surface area contributed by atoms with Crippen LogP contribution in [-0.2, 0) is 4.74 Å². The molecule has 22 heavy (non-hydrogen) atoms. The van der Waals surface area contributed by atoms with Gasteiger partial charge in [-0.2, -0.15) is 5.10 Å². The van der Waals surface area contributed by atoms with E-state index >= 15 is 0 Å². The average Bonchev–Trinajstić information content (AvgIpc) is 2.77. The van der Waals surface area contributed by atoms with E-state index in [0.717, 1.165) is 0 Å². The number of anilines is 1. The molecule has 0 aliphatic heterocycles. The zero-order valence-corrected chi connectivity index (χ0v) is 13.6. The largest absolute Gasteiger partial charge is 0.464 e. The first kappa shape index (κ1) is 18.0. The Labute approximate surface area is 129 Å². The van der Waals surface area contributed by atoms with Gasteiger partial charge in [0.15, 0.2) is 5.82 Å². The van der Waals surface area contributed by atoms with E-state index in [1.807, 2.05) is 20.8 Å². The molecular weight excluding hydrogens is 288 g/mol. The third kappa shape index (κ3) is 5.03. The van der Waals surface area contributed by atoms with Gasteiger partial charge in [0, 0.05) is 5.56 Å². The lowest BCUT2D eigenvalue weighted by atomic mass is 9.88. The number of nitrogens with zero attached hydrogens (tertiary/aromatic N) is 1. The van der Waals surface area contributed by atoms with Gasteiger partial charge in [-0.15, -0.1) is 0 Å². The predicted molar refractivity (Wildman–Crippen MR) is 81.8 cm³/mol. The number of nitrogens with one attached hydrogen (secondary N) is 3. The van der Waals surface area contributed by atoms with Crippen LogP contribution < -0.4 is 10.6 Å². The van der Waals surface area contributed by atoms with Crippen LogP contribution in [0.5, 0.6) is 0 Å². The molecule has 0 aromatic carbocycles. The number of H-pyrrole nitrogens is 1. The van der Waals surface area contributed by atoms with Crippen LogP contribution >= 0.6 is 0 Å². The molecule has 1 heterocycles. The lowest BCUT2D eigenvalue weighted by Gasteiger charge is -2.25. The lowest BCUT2D eigenvalue weighted by molar-refractivity contribution is 0.0593. The van der Waals surface area contributed by atoms with E-state index in [4.69, 9.17) is 0 Å². The second-order valence-corrected chi connectivity index (χ2v) is 6.31. The molecule has 0 radical (unpaired) electrons. The molecule has 1 aromatic heterocycles. The summed E-state index contributed by atoms with van der Waals surface area (Å²) in [5.41, 5.74) is 0.644. The molecule has 1 unspecified atom stereocenters. The minimum absolute atomic E-state index is 0.0268. The topological polar surface area (TPSA) is 116 Å². The van der Waals surface area contributed by atoms with Crippen molar-refractivity contribution < 1.29 is 19.4 Å². The molecule has 0 spiro atoms. The van der Waals surface area contributed by atoms with E-state index in [0.29, 0.717) is 12.0 Å². The Morgan fingerprint density at radius 2 is 2.05 bits per heavy atom. The number of carbonyl (C=O) groups is 2. The Hall–Kier alpha value is -2.09. The number of aromatic nitrogens is 2. The van der Waals surface area contributed by atoms with Crippen LogP contribution in [-0.4, -0.2) is 47.1 Å². The van der Waals surface area contributed by atoms with Crippen molar-refractivity contribution in [3.8, 4) is 0 Å². The monoisotopic (exact) mass is 312 g/mol. The maximum Gasteiger partial charge on any atom is 0.356 e. The summed E-state index contributed by atoms with van der Waals surface area (Å²) in [5, 5.41) is 21.0. The number of hydrogen-bond donors (Lipinski definition) is 4. The number of rotatable bonds is 5. The van der Waals surface area contributed by atoms with Gasteiger partial charge >= 0.3 is 12.0 Å². The highest BCUT2D eigenvalue weighted by Gasteiger charge is 2.21. The van der Waals surface area contributed by atoms with E-state index in [1.54, 1.807) is 6.92 Å². The van der Waals surface area contributed by atoms with Crippen LogP contribution in [0.1, 0.15) is 43.2 Å². The Morgan fingerprint density at radius 3 is 2.55 bits per heavy atom. The summed E-state index contributed by atoms with van der Waals surface area (Å²) in [6.45, 7) is 7.56. The molecule has 2 amide bonds. The number of methoxy groups -OCH3 is 1. The highest BCUT2D eigenvalue weighted by Crippen LogP contribution is 2.21. The van der Waals surface area contributed by atoms with Crippen molar-refractivity contribution in [2.24, 2.45) is 5.41 Å². The predicted octanol–water partition coefficient (Wildman–Crippen LogP) is 1.42. The molecule has 0 saturated carbocycles. The van der Waals surface area contributed by atoms with Gasteiger partial charge in [0.05, 0.1) is 19.8 Å². The molecule has 0 aliphatic carbocycles. The molecule has 8 heteroatoms. The SMILES string of the molecule is COC(=O)c1[nH]nc(NC(=O)NC(CO)CC(C)(C)C)c1C. The number of aliphatic hydroxyl groups is 1. The quantitative estimate of drug-likeness (QED) is 0.614. The summed E-state index contributed by atoms with van der Waals surface area (Å²) in [4.78, 5) is 23.4. The van der Waals surface area contributed by atoms with Crippen molar-refractivity contribution in [2.45, 2.75) is 40.2 Å². The Bertz CT molecular complexity index is 533. The van der Waals surface area contributed by atoms with Crippen molar-refractivity contribution in [3.05, 3.63) is 11.3 Å². The zero-order valence-electron chi connectivity index (χ0n) is 13.6. The summed E-state index contributed by atoms with van der Waals surface area (Å²) in [6, 6.07) is -0.853. The smallest absolute Gasteiger partial charge is 0.356 e. The van der Waals surface area contributed by atoms with Crippen LogP contribution in [0, 0.1) is 12.3 Å². The van der Waals surface area contributed by atoms with E-state index in [-0.39, 0.29) is 29.6 Å². The fourth-order valence-electron chi connectivity index (χ4n) is 2.05. The summed E-state index contributed by atoms with van der Waals surface area (Å²) in [6.07, 6.45) is 0.629. The lowest BCUT2D eigenvalue weighted by Crippen LogP contribution is -2.42. The van der Waals surface area contributed by atoms with Gasteiger partial charge < -0.3 is 15.2 Å². The van der Waals surface area contributed by atoms with Crippen molar-refractivity contribution in [2.75, 3.05) is 19.0 Å². The van der Waals surface area contributed by atoms with E-state index in [2.05, 4.69) is 25.6 Å². The minimum Gasteiger partial charge on any atom is -0.464 e. The molecule has 0 aliphatic rings. The van der Waals surface area contributed by atoms with Crippen LogP contribution in [0.4, 0.5) is 10.6 Å². The molecule has 1 aromatic rings. The van der Waals surface area contributed by atoms with Gasteiger partial charge in [-0.25, -0.2) is 9.59 Å². The van der Waals surface area contributed by atoms with Crippen LogP contribution in [0.3, 0.4) is 0 Å². The van der Waals surface area contributed by atoms with Gasteiger partial charge in [-0.05, 0) is 18.8 Å². The standard InChI is InChI=1S/C14H24N4O4/c1-8-10(12(20)22-5)17-18-11(8)16-13(21)15-9(7-19)6-14(2,3)4/h9,19H,6-7H2,1-5H3,(H3,15,16,17,18,21). The summed E-state index contributed by atoms with van der Waals surface area (Å²) in [7, 11) is 1.26. The highest BCUT2D eigenvalue weighted by atomic mass is 16.5. The molecular formula is C14H24N4O4. The van der Waals surface area contributed by atoms with Gasteiger partial charge in [-0.1, -0.05) is 20.8 Å². The number of carbonyl (C=O) groups excluding carboxylic acids is 2. The maximum absolute atomic E-state index is 12.0. The number of ether oxygens (including phenoxy) is 1. The first-order valence-electron chi connectivity index (χ1n) is 6.99. The molecule has 0 fully saturated rings. The van der Waals surface area contributed by atoms with Crippen molar-refractivity contribution in [1.82, 2.24) is 15.5 Å². The Balaban J connectivity index is 2.69. The van der Waals surface area contributed by atoms with E-state index < -0.39 is 12.0 Å². The Kier molecular flexibility index (Phi) is 5.92. The number of aromatic amines is 1. The Morgan fingerprint density at radius 1 is 1.41 bits per heavy atom. The maximum atomic E-state index is 12.0. The fourth-order valence-corrected chi connectivity index (χ4v) is 2.05. The molecule has 4 N–H and O–H groups in total. The van der Waals surface area contributed by atoms with E-state index in [9.17, 15) is 14.7 Å². The fraction of sp³-hybridized carbons (Fsp3) is 0.643. The third-order valence-electron chi connectivity index (χ3n) is 3.05. The highest BCUT2D eigenvalue weighted by molar-refractivity contribution is 5.94. The molecule has 124 valence electrons. The molecule has 1 rings (SSSR count). The van der Waals surface area contributed by atoms with Crippen molar-refractivity contribution in [1.29, 1.82) is 0 Å². The van der Waals surface area contributed by atoms with Crippen molar-refractivity contribution in [3.63, 3.8) is 0 Å². The van der Waals surface area contributed by atoms with Gasteiger partial charge in [0.1, 0.15) is 5.69 Å². The molecule has 0 saturated heterocycles. The van der Waals surface area contributed by atoms with Gasteiger partial charge in [0.2, 0.25) is 0 Å².